The van der Waals surface area contributed by atoms with E-state index < -0.39 is 0 Å². The number of aryl methyl sites for hydroxylation is 1. The van der Waals surface area contributed by atoms with Gasteiger partial charge in [0.05, 0.1) is 5.56 Å². The lowest BCUT2D eigenvalue weighted by Gasteiger charge is -2.46. The number of fused-ring (bicyclic) bond motifs is 3. The molecule has 1 aliphatic carbocycles. The van der Waals surface area contributed by atoms with E-state index in [1.807, 2.05) is 6.07 Å². The number of aromatic hydroxyl groups is 1. The Morgan fingerprint density at radius 2 is 2.14 bits per heavy atom. The molecule has 0 bridgehead atoms. The summed E-state index contributed by atoms with van der Waals surface area (Å²) in [5, 5.41) is 14.2. The maximum atomic E-state index is 12.9. The summed E-state index contributed by atoms with van der Waals surface area (Å²) in [6.45, 7) is 9.33. The number of nitrogens with one attached hydrogen (secondary N) is 1. The average molecular weight is 401 g/mol. The predicted octanol–water partition coefficient (Wildman–Crippen LogP) is 4.42. The summed E-state index contributed by atoms with van der Waals surface area (Å²) >= 11 is 0. The van der Waals surface area contributed by atoms with Crippen LogP contribution in [0.5, 0.6) is 11.5 Å². The van der Waals surface area contributed by atoms with Gasteiger partial charge in [0.15, 0.2) is 0 Å². The maximum Gasteiger partial charge on any atom is 0.255 e. The van der Waals surface area contributed by atoms with Crippen molar-refractivity contribution in [1.82, 2.24) is 5.32 Å². The van der Waals surface area contributed by atoms with Crippen LogP contribution in [0.25, 0.3) is 0 Å². The monoisotopic (exact) mass is 400 g/mol. The fraction of sp³-hybridized carbons (Fsp3) is 0.625. The Morgan fingerprint density at radius 1 is 1.38 bits per heavy atom. The van der Waals surface area contributed by atoms with Crippen LogP contribution < -0.4 is 15.8 Å². The molecule has 1 aromatic carbocycles. The van der Waals surface area contributed by atoms with Gasteiger partial charge in [-0.1, -0.05) is 31.4 Å². The number of unbranched alkanes of at least 4 members (excludes halogenated alkanes) is 2. The minimum atomic E-state index is -0.314. The Kier molecular flexibility index (Phi) is 6.57. The van der Waals surface area contributed by atoms with Crippen LogP contribution in [0.15, 0.2) is 17.7 Å². The molecule has 3 rings (SSSR count). The number of rotatable bonds is 7. The lowest BCUT2D eigenvalue weighted by molar-refractivity contribution is 0.0107. The molecule has 1 heterocycles. The van der Waals surface area contributed by atoms with Crippen molar-refractivity contribution in [3.8, 4) is 11.5 Å². The summed E-state index contributed by atoms with van der Waals surface area (Å²) in [5.74, 6) is 0.894. The molecule has 0 aromatic heterocycles. The van der Waals surface area contributed by atoms with Gasteiger partial charge in [0, 0.05) is 30.5 Å². The Morgan fingerprint density at radius 3 is 2.83 bits per heavy atom. The maximum absolute atomic E-state index is 12.9. The van der Waals surface area contributed by atoms with E-state index in [4.69, 9.17) is 10.5 Å². The van der Waals surface area contributed by atoms with Crippen molar-refractivity contribution >= 4 is 5.91 Å². The van der Waals surface area contributed by atoms with Crippen LogP contribution in [0.4, 0.5) is 0 Å². The Bertz CT molecular complexity index is 798. The molecule has 5 nitrogen and oxygen atoms in total. The highest BCUT2D eigenvalue weighted by molar-refractivity contribution is 5.99. The molecule has 2 aliphatic rings. The molecule has 0 saturated heterocycles. The van der Waals surface area contributed by atoms with Crippen LogP contribution in [-0.2, 0) is 6.42 Å². The number of hydrogen-bond donors (Lipinski definition) is 3. The van der Waals surface area contributed by atoms with Gasteiger partial charge in [-0.05, 0) is 58.1 Å². The van der Waals surface area contributed by atoms with Crippen molar-refractivity contribution in [1.29, 1.82) is 0 Å². The first-order chi connectivity index (χ1) is 13.8. The van der Waals surface area contributed by atoms with Gasteiger partial charge in [-0.15, -0.1) is 0 Å². The third-order valence-corrected chi connectivity index (χ3v) is 6.44. The van der Waals surface area contributed by atoms with E-state index in [2.05, 4.69) is 39.1 Å². The van der Waals surface area contributed by atoms with Crippen LogP contribution in [-0.4, -0.2) is 29.7 Å². The number of carbonyl (C=O) groups is 1. The first kappa shape index (κ1) is 21.7. The molecule has 1 aliphatic heterocycles. The molecule has 0 radical (unpaired) electrons. The van der Waals surface area contributed by atoms with Crippen molar-refractivity contribution in [2.24, 2.45) is 11.7 Å². The number of carbonyl (C=O) groups excluding carboxylic acids is 1. The molecule has 5 heteroatoms. The van der Waals surface area contributed by atoms with E-state index in [1.165, 1.54) is 5.57 Å². The highest BCUT2D eigenvalue weighted by Crippen LogP contribution is 2.54. The van der Waals surface area contributed by atoms with Gasteiger partial charge in [-0.3, -0.25) is 4.79 Å². The first-order valence-corrected chi connectivity index (χ1v) is 11.0. The van der Waals surface area contributed by atoms with E-state index in [-0.39, 0.29) is 29.1 Å². The molecule has 0 fully saturated rings. The summed E-state index contributed by atoms with van der Waals surface area (Å²) in [7, 11) is 0. The normalized spacial score (nSPS) is 22.2. The summed E-state index contributed by atoms with van der Waals surface area (Å²) < 4.78 is 6.43. The number of phenols is 1. The van der Waals surface area contributed by atoms with Crippen molar-refractivity contribution in [2.75, 3.05) is 13.1 Å². The summed E-state index contributed by atoms with van der Waals surface area (Å²) in [6, 6.07) is 2.00. The SMILES string of the molecule is CCCCCc1cc2c(c(O)c1C(=O)NCCN)C1C=C(C)CCC1C(C)(C)O2. The van der Waals surface area contributed by atoms with Gasteiger partial charge in [0.1, 0.15) is 17.1 Å². The number of allylic oxidation sites excluding steroid dienone is 2. The second-order valence-electron chi connectivity index (χ2n) is 9.06. The van der Waals surface area contributed by atoms with Gasteiger partial charge in [0.2, 0.25) is 0 Å². The predicted molar refractivity (Wildman–Crippen MR) is 117 cm³/mol. The van der Waals surface area contributed by atoms with E-state index in [9.17, 15) is 9.90 Å². The highest BCUT2D eigenvalue weighted by atomic mass is 16.5. The van der Waals surface area contributed by atoms with Crippen LogP contribution in [0.2, 0.25) is 0 Å². The zero-order valence-electron chi connectivity index (χ0n) is 18.3. The number of benzene rings is 1. The minimum absolute atomic E-state index is 0.0632. The van der Waals surface area contributed by atoms with Gasteiger partial charge < -0.3 is 20.9 Å². The minimum Gasteiger partial charge on any atom is -0.507 e. The van der Waals surface area contributed by atoms with Gasteiger partial charge in [-0.25, -0.2) is 0 Å². The Labute approximate surface area is 174 Å². The molecule has 0 saturated carbocycles. The molecule has 2 atom stereocenters. The summed E-state index contributed by atoms with van der Waals surface area (Å²) in [4.78, 5) is 12.9. The molecule has 1 aromatic rings. The van der Waals surface area contributed by atoms with Gasteiger partial charge in [0.25, 0.3) is 5.91 Å². The molecule has 160 valence electrons. The number of ether oxygens (including phenoxy) is 1. The Balaban J connectivity index is 2.13. The zero-order chi connectivity index (χ0) is 21.2. The molecule has 0 spiro atoms. The molecular weight excluding hydrogens is 364 g/mol. The smallest absolute Gasteiger partial charge is 0.255 e. The number of nitrogens with two attached hydrogens (primary N) is 1. The molecule has 2 unspecified atom stereocenters. The lowest BCUT2D eigenvalue weighted by atomic mass is 9.67. The quantitative estimate of drug-likeness (QED) is 0.467. The largest absolute Gasteiger partial charge is 0.507 e. The van der Waals surface area contributed by atoms with E-state index in [1.54, 1.807) is 0 Å². The van der Waals surface area contributed by atoms with Crippen molar-refractivity contribution in [3.63, 3.8) is 0 Å². The van der Waals surface area contributed by atoms with Crippen molar-refractivity contribution < 1.29 is 14.6 Å². The van der Waals surface area contributed by atoms with E-state index in [0.29, 0.717) is 18.7 Å². The third-order valence-electron chi connectivity index (χ3n) is 6.44. The highest BCUT2D eigenvalue weighted by Gasteiger charge is 2.46. The summed E-state index contributed by atoms with van der Waals surface area (Å²) in [5.41, 5.74) is 8.60. The van der Waals surface area contributed by atoms with Crippen molar-refractivity contribution in [3.05, 3.63) is 34.4 Å². The fourth-order valence-electron chi connectivity index (χ4n) is 4.90. The van der Waals surface area contributed by atoms with Crippen LogP contribution >= 0.6 is 0 Å². The topological polar surface area (TPSA) is 84.6 Å². The van der Waals surface area contributed by atoms with Crippen LogP contribution in [0.3, 0.4) is 0 Å². The van der Waals surface area contributed by atoms with E-state index >= 15 is 0 Å². The van der Waals surface area contributed by atoms with Gasteiger partial charge in [-0.2, -0.15) is 0 Å². The van der Waals surface area contributed by atoms with Crippen LogP contribution in [0, 0.1) is 5.92 Å². The van der Waals surface area contributed by atoms with E-state index in [0.717, 1.165) is 55.4 Å². The third kappa shape index (κ3) is 4.30. The van der Waals surface area contributed by atoms with Crippen molar-refractivity contribution in [2.45, 2.75) is 77.7 Å². The number of amides is 1. The average Bonchev–Trinajstić information content (AvgIpc) is 2.65. The van der Waals surface area contributed by atoms with Crippen LogP contribution in [0.1, 0.15) is 87.2 Å². The first-order valence-electron chi connectivity index (χ1n) is 11.0. The summed E-state index contributed by atoms with van der Waals surface area (Å²) in [6.07, 6.45) is 8.22. The second-order valence-corrected chi connectivity index (χ2v) is 9.06. The fourth-order valence-corrected chi connectivity index (χ4v) is 4.90. The standard InChI is InChI=1S/C24H36N2O3/c1-5-6-7-8-16-14-19-21(22(27)20(16)23(28)26-12-11-25)17-13-15(2)9-10-18(17)24(3,4)29-19/h13-14,17-18,27H,5-12,25H2,1-4H3,(H,26,28). The zero-order valence-corrected chi connectivity index (χ0v) is 18.3. The second kappa shape index (κ2) is 8.78. The molecule has 1 amide bonds. The Hall–Kier alpha value is -2.01. The lowest BCUT2D eigenvalue weighted by Crippen LogP contribution is -2.45. The molecular formula is C24H36N2O3. The van der Waals surface area contributed by atoms with Gasteiger partial charge >= 0.3 is 0 Å². The number of phenolic OH excluding ortho intramolecular Hbond substituents is 1. The molecule has 29 heavy (non-hydrogen) atoms. The molecule has 4 N–H and O–H groups in total. The number of hydrogen-bond acceptors (Lipinski definition) is 4.